The average Bonchev–Trinajstić information content (AvgIpc) is 2.45. The molecule has 0 spiro atoms. The van der Waals surface area contributed by atoms with E-state index in [9.17, 15) is 4.79 Å². The van der Waals surface area contributed by atoms with Gasteiger partial charge in [-0.2, -0.15) is 0 Å². The third-order valence-electron chi connectivity index (χ3n) is 5.22. The van der Waals surface area contributed by atoms with E-state index in [1.165, 1.54) is 25.3 Å². The molecule has 0 aliphatic carbocycles. The van der Waals surface area contributed by atoms with Gasteiger partial charge in [-0.05, 0) is 16.6 Å². The first-order valence-corrected chi connectivity index (χ1v) is 10.1. The maximum atomic E-state index is 11.5. The summed E-state index contributed by atoms with van der Waals surface area (Å²) in [5.41, 5.74) is 2.03. The summed E-state index contributed by atoms with van der Waals surface area (Å²) < 4.78 is 5.53. The van der Waals surface area contributed by atoms with Crippen LogP contribution in [-0.4, -0.2) is 20.3 Å². The summed E-state index contributed by atoms with van der Waals surface area (Å²) in [5.74, 6) is -0.271. The highest BCUT2D eigenvalue weighted by Crippen LogP contribution is 2.46. The van der Waals surface area contributed by atoms with Crippen LogP contribution in [0.15, 0.2) is 12.7 Å². The van der Waals surface area contributed by atoms with Crippen molar-refractivity contribution in [2.45, 2.75) is 77.4 Å². The molecule has 0 bridgehead atoms. The lowest BCUT2D eigenvalue weighted by Gasteiger charge is -2.45. The molecule has 3 atom stereocenters. The van der Waals surface area contributed by atoms with Gasteiger partial charge in [0.1, 0.15) is 8.07 Å². The molecule has 0 fully saturated rings. The second-order valence-electron chi connectivity index (χ2n) is 5.85. The van der Waals surface area contributed by atoms with Crippen molar-refractivity contribution in [2.24, 2.45) is 0 Å². The van der Waals surface area contributed by atoms with E-state index in [2.05, 4.69) is 48.1 Å². The number of carbonyl (C=O) groups excluding carboxylic acids is 1. The van der Waals surface area contributed by atoms with Gasteiger partial charge in [0.2, 0.25) is 0 Å². The van der Waals surface area contributed by atoms with Crippen LogP contribution in [0.1, 0.15) is 60.8 Å². The molecule has 0 aliphatic heterocycles. The standard InChI is InChI=1S/C16H32O2Si/c1-8-13(5)19(14(6)9-2,15(7)10-3)12-18-16(17)11-4/h11,13-15H,4,8-10,12H2,1-3,5-7H3. The first kappa shape index (κ1) is 18.4. The Kier molecular flexibility index (Phi) is 8.31. The van der Waals surface area contributed by atoms with Crippen molar-refractivity contribution < 1.29 is 9.53 Å². The smallest absolute Gasteiger partial charge is 0.329 e. The van der Waals surface area contributed by atoms with Crippen LogP contribution in [-0.2, 0) is 9.53 Å². The van der Waals surface area contributed by atoms with Gasteiger partial charge in [0.25, 0.3) is 0 Å². The quantitative estimate of drug-likeness (QED) is 0.334. The normalized spacial score (nSPS) is 19.1. The minimum Gasteiger partial charge on any atom is -0.466 e. The molecule has 19 heavy (non-hydrogen) atoms. The highest BCUT2D eigenvalue weighted by atomic mass is 28.3. The maximum absolute atomic E-state index is 11.5. The molecular weight excluding hydrogens is 252 g/mol. The van der Waals surface area contributed by atoms with E-state index >= 15 is 0 Å². The largest absolute Gasteiger partial charge is 0.466 e. The van der Waals surface area contributed by atoms with Crippen LogP contribution < -0.4 is 0 Å². The second kappa shape index (κ2) is 8.57. The minimum absolute atomic E-state index is 0.271. The Morgan fingerprint density at radius 1 is 1.05 bits per heavy atom. The van der Waals surface area contributed by atoms with E-state index in [0.29, 0.717) is 22.9 Å². The summed E-state index contributed by atoms with van der Waals surface area (Å²) in [7, 11) is -1.68. The van der Waals surface area contributed by atoms with Crippen LogP contribution in [0.3, 0.4) is 0 Å². The van der Waals surface area contributed by atoms with Gasteiger partial charge in [0, 0.05) is 6.08 Å². The lowest BCUT2D eigenvalue weighted by atomic mass is 10.3. The van der Waals surface area contributed by atoms with Crippen LogP contribution in [0, 0.1) is 0 Å². The van der Waals surface area contributed by atoms with Gasteiger partial charge in [-0.25, -0.2) is 4.79 Å². The van der Waals surface area contributed by atoms with Crippen molar-refractivity contribution >= 4 is 14.0 Å². The lowest BCUT2D eigenvalue weighted by molar-refractivity contribution is -0.136. The van der Waals surface area contributed by atoms with E-state index in [0.717, 1.165) is 0 Å². The minimum atomic E-state index is -1.68. The summed E-state index contributed by atoms with van der Waals surface area (Å²) in [6, 6.07) is 0. The molecule has 0 aliphatic rings. The summed E-state index contributed by atoms with van der Waals surface area (Å²) in [6.45, 7) is 17.3. The van der Waals surface area contributed by atoms with Crippen LogP contribution >= 0.6 is 0 Å². The first-order valence-electron chi connectivity index (χ1n) is 7.69. The molecule has 0 saturated heterocycles. The molecule has 3 heteroatoms. The van der Waals surface area contributed by atoms with Gasteiger partial charge in [-0.3, -0.25) is 0 Å². The molecule has 0 radical (unpaired) electrons. The monoisotopic (exact) mass is 284 g/mol. The third kappa shape index (κ3) is 4.20. The van der Waals surface area contributed by atoms with Crippen molar-refractivity contribution in [3.05, 3.63) is 12.7 Å². The zero-order chi connectivity index (χ0) is 15.1. The Bertz CT molecular complexity index is 262. The van der Waals surface area contributed by atoms with Gasteiger partial charge < -0.3 is 4.74 Å². The van der Waals surface area contributed by atoms with E-state index in [1.54, 1.807) is 0 Å². The molecule has 0 aromatic heterocycles. The number of hydrogen-bond acceptors (Lipinski definition) is 2. The van der Waals surface area contributed by atoms with Crippen LogP contribution in [0.5, 0.6) is 0 Å². The highest BCUT2D eigenvalue weighted by Gasteiger charge is 2.47. The lowest BCUT2D eigenvalue weighted by Crippen LogP contribution is -2.51. The van der Waals surface area contributed by atoms with Crippen LogP contribution in [0.4, 0.5) is 0 Å². The number of carbonyl (C=O) groups is 1. The van der Waals surface area contributed by atoms with Gasteiger partial charge >= 0.3 is 5.97 Å². The molecule has 2 nitrogen and oxygen atoms in total. The third-order valence-corrected chi connectivity index (χ3v) is 12.6. The SMILES string of the molecule is C=CC(=O)OC[Si](C(C)CC)(C(C)CC)C(C)CC. The number of hydrogen-bond donors (Lipinski definition) is 0. The van der Waals surface area contributed by atoms with Crippen molar-refractivity contribution in [3.8, 4) is 0 Å². The molecule has 0 heterocycles. The first-order chi connectivity index (χ1) is 8.90. The van der Waals surface area contributed by atoms with Gasteiger partial charge in [-0.15, -0.1) is 0 Å². The average molecular weight is 285 g/mol. The summed E-state index contributed by atoms with van der Waals surface area (Å²) >= 11 is 0. The predicted molar refractivity (Wildman–Crippen MR) is 86.1 cm³/mol. The molecule has 0 rings (SSSR count). The zero-order valence-electron chi connectivity index (χ0n) is 13.7. The Morgan fingerprint density at radius 3 is 1.68 bits per heavy atom. The molecule has 0 N–H and O–H groups in total. The van der Waals surface area contributed by atoms with Crippen molar-refractivity contribution in [2.75, 3.05) is 6.23 Å². The van der Waals surface area contributed by atoms with Gasteiger partial charge in [0.05, 0.1) is 6.23 Å². The Labute approximate surface area is 120 Å². The Balaban J connectivity index is 5.35. The fraction of sp³-hybridized carbons (Fsp3) is 0.812. The Morgan fingerprint density at radius 2 is 1.42 bits per heavy atom. The number of esters is 1. The van der Waals surface area contributed by atoms with Gasteiger partial charge in [0.15, 0.2) is 0 Å². The fourth-order valence-corrected chi connectivity index (χ4v) is 9.72. The molecule has 3 unspecified atom stereocenters. The van der Waals surface area contributed by atoms with E-state index in [1.807, 2.05) is 0 Å². The predicted octanol–water partition coefficient (Wildman–Crippen LogP) is 5.10. The summed E-state index contributed by atoms with van der Waals surface area (Å²) in [6.07, 6.45) is 5.45. The van der Waals surface area contributed by atoms with Crippen LogP contribution in [0.2, 0.25) is 16.6 Å². The molecule has 0 saturated carbocycles. The van der Waals surface area contributed by atoms with Gasteiger partial charge in [-0.1, -0.05) is 67.4 Å². The Hall–Kier alpha value is -0.573. The van der Waals surface area contributed by atoms with Crippen molar-refractivity contribution in [1.29, 1.82) is 0 Å². The molecule has 112 valence electrons. The molecule has 0 aromatic carbocycles. The van der Waals surface area contributed by atoms with E-state index < -0.39 is 8.07 Å². The molecule has 0 amide bonds. The van der Waals surface area contributed by atoms with E-state index in [-0.39, 0.29) is 5.97 Å². The zero-order valence-corrected chi connectivity index (χ0v) is 14.7. The molecular formula is C16H32O2Si. The van der Waals surface area contributed by atoms with Crippen LogP contribution in [0.25, 0.3) is 0 Å². The fourth-order valence-electron chi connectivity index (χ4n) is 3.28. The topological polar surface area (TPSA) is 26.3 Å². The maximum Gasteiger partial charge on any atom is 0.329 e. The van der Waals surface area contributed by atoms with Crippen molar-refractivity contribution in [3.63, 3.8) is 0 Å². The van der Waals surface area contributed by atoms with E-state index in [4.69, 9.17) is 4.74 Å². The highest BCUT2D eigenvalue weighted by molar-refractivity contribution is 6.83. The number of rotatable bonds is 9. The summed E-state index contributed by atoms with van der Waals surface area (Å²) in [4.78, 5) is 11.5. The number of ether oxygens (including phenoxy) is 1. The molecule has 0 aromatic rings. The second-order valence-corrected chi connectivity index (χ2v) is 11.3. The van der Waals surface area contributed by atoms with Crippen molar-refractivity contribution in [1.82, 2.24) is 0 Å². The summed E-state index contributed by atoms with van der Waals surface area (Å²) in [5, 5.41) is 0.